The van der Waals surface area contributed by atoms with E-state index in [4.69, 9.17) is 0 Å². The summed E-state index contributed by atoms with van der Waals surface area (Å²) < 4.78 is 2.04. The number of aromatic nitrogens is 3. The van der Waals surface area contributed by atoms with Crippen LogP contribution in [-0.2, 0) is 17.8 Å². The molecule has 0 saturated carbocycles. The zero-order valence-corrected chi connectivity index (χ0v) is 18.6. The van der Waals surface area contributed by atoms with E-state index in [1.807, 2.05) is 16.8 Å². The number of amides is 1. The van der Waals surface area contributed by atoms with E-state index in [0.717, 1.165) is 42.6 Å². The van der Waals surface area contributed by atoms with E-state index in [9.17, 15) is 4.79 Å². The van der Waals surface area contributed by atoms with Gasteiger partial charge in [-0.3, -0.25) is 14.3 Å². The van der Waals surface area contributed by atoms with Crippen molar-refractivity contribution in [1.82, 2.24) is 19.4 Å². The van der Waals surface area contributed by atoms with Gasteiger partial charge in [0.05, 0.1) is 17.1 Å². The number of anilines is 1. The summed E-state index contributed by atoms with van der Waals surface area (Å²) in [5.74, 6) is 0.247. The summed E-state index contributed by atoms with van der Waals surface area (Å²) in [4.78, 5) is 25.2. The first kappa shape index (κ1) is 20.1. The predicted molar refractivity (Wildman–Crippen MR) is 119 cm³/mol. The summed E-state index contributed by atoms with van der Waals surface area (Å²) in [6, 6.07) is 6.22. The lowest BCUT2D eigenvalue weighted by molar-refractivity contribution is -0.113. The van der Waals surface area contributed by atoms with Crippen LogP contribution >= 0.6 is 23.1 Å². The molecule has 0 saturated heterocycles. The normalized spacial score (nSPS) is 14.0. The number of carbonyl (C=O) groups excluding carboxylic acids is 1. The minimum atomic E-state index is -0.0519. The van der Waals surface area contributed by atoms with Gasteiger partial charge < -0.3 is 5.32 Å². The van der Waals surface area contributed by atoms with Crippen molar-refractivity contribution in [2.45, 2.75) is 38.9 Å². The Bertz CT molecular complexity index is 1030. The molecule has 0 spiro atoms. The zero-order valence-electron chi connectivity index (χ0n) is 16.9. The Morgan fingerprint density at radius 3 is 3.03 bits per heavy atom. The highest BCUT2D eigenvalue weighted by molar-refractivity contribution is 7.99. The van der Waals surface area contributed by atoms with E-state index < -0.39 is 0 Å². The number of rotatable bonds is 6. The van der Waals surface area contributed by atoms with Crippen LogP contribution in [0.25, 0.3) is 5.69 Å². The highest BCUT2D eigenvalue weighted by atomic mass is 32.2. The number of aryl methyl sites for hydroxylation is 1. The molecule has 0 radical (unpaired) electrons. The third kappa shape index (κ3) is 4.39. The van der Waals surface area contributed by atoms with Crippen LogP contribution in [0, 0.1) is 13.8 Å². The summed E-state index contributed by atoms with van der Waals surface area (Å²) in [7, 11) is 0. The van der Waals surface area contributed by atoms with Crippen molar-refractivity contribution in [3.05, 3.63) is 52.3 Å². The van der Waals surface area contributed by atoms with Gasteiger partial charge in [-0.1, -0.05) is 30.8 Å². The van der Waals surface area contributed by atoms with E-state index in [1.54, 1.807) is 17.5 Å². The highest BCUT2D eigenvalue weighted by Crippen LogP contribution is 2.29. The highest BCUT2D eigenvalue weighted by Gasteiger charge is 2.20. The maximum absolute atomic E-state index is 12.5. The first-order valence-electron chi connectivity index (χ1n) is 9.78. The van der Waals surface area contributed by atoms with Gasteiger partial charge in [0.1, 0.15) is 0 Å². The molecule has 0 fully saturated rings. The first-order chi connectivity index (χ1) is 14.0. The van der Waals surface area contributed by atoms with Gasteiger partial charge in [0.25, 0.3) is 0 Å². The lowest BCUT2D eigenvalue weighted by Crippen LogP contribution is -2.29. The van der Waals surface area contributed by atoms with Gasteiger partial charge in [0.2, 0.25) is 5.91 Å². The molecular formula is C21H25N5OS2. The SMILES string of the molecule is CCN1CCc2nc(NC(=O)CSc3nccn3-c3cccc(C)c3C)sc2C1. The van der Waals surface area contributed by atoms with Crippen molar-refractivity contribution in [2.24, 2.45) is 0 Å². The molecule has 0 atom stereocenters. The van der Waals surface area contributed by atoms with E-state index >= 15 is 0 Å². The van der Waals surface area contributed by atoms with E-state index in [1.165, 1.54) is 27.8 Å². The molecule has 2 aromatic heterocycles. The molecule has 0 bridgehead atoms. The van der Waals surface area contributed by atoms with Crippen molar-refractivity contribution < 1.29 is 4.79 Å². The fourth-order valence-electron chi connectivity index (χ4n) is 3.43. The number of nitrogens with zero attached hydrogens (tertiary/aromatic N) is 4. The van der Waals surface area contributed by atoms with Crippen molar-refractivity contribution in [3.8, 4) is 5.69 Å². The van der Waals surface area contributed by atoms with Gasteiger partial charge >= 0.3 is 0 Å². The topological polar surface area (TPSA) is 63.1 Å². The van der Waals surface area contributed by atoms with Crippen LogP contribution in [0.15, 0.2) is 35.7 Å². The minimum Gasteiger partial charge on any atom is -0.301 e. The lowest BCUT2D eigenvalue weighted by Gasteiger charge is -2.23. The van der Waals surface area contributed by atoms with E-state index in [2.05, 4.69) is 53.1 Å². The van der Waals surface area contributed by atoms with Gasteiger partial charge in [-0.05, 0) is 37.6 Å². The standard InChI is InChI=1S/C21H25N5OS2/c1-4-25-10-8-16-18(12-25)29-20(23-16)24-19(27)13-28-21-22-9-11-26(21)17-7-5-6-14(2)15(17)3/h5-7,9,11H,4,8,10,12-13H2,1-3H3,(H,23,24,27). The average Bonchev–Trinajstić information content (AvgIpc) is 3.34. The van der Waals surface area contributed by atoms with Crippen molar-refractivity contribution in [3.63, 3.8) is 0 Å². The molecule has 0 unspecified atom stereocenters. The number of carbonyl (C=O) groups is 1. The lowest BCUT2D eigenvalue weighted by atomic mass is 10.1. The van der Waals surface area contributed by atoms with Crippen LogP contribution in [0.2, 0.25) is 0 Å². The molecule has 6 nitrogen and oxygen atoms in total. The number of nitrogens with one attached hydrogen (secondary N) is 1. The number of thioether (sulfide) groups is 1. The Labute approximate surface area is 179 Å². The Morgan fingerprint density at radius 1 is 1.34 bits per heavy atom. The smallest absolute Gasteiger partial charge is 0.236 e. The molecule has 1 amide bonds. The second-order valence-electron chi connectivity index (χ2n) is 7.14. The largest absolute Gasteiger partial charge is 0.301 e. The van der Waals surface area contributed by atoms with Crippen LogP contribution in [-0.4, -0.2) is 44.2 Å². The Balaban J connectivity index is 1.40. The fourth-order valence-corrected chi connectivity index (χ4v) is 5.27. The molecule has 1 aliphatic rings. The third-order valence-corrected chi connectivity index (χ3v) is 7.24. The summed E-state index contributed by atoms with van der Waals surface area (Å²) >= 11 is 3.03. The van der Waals surface area contributed by atoms with Crippen molar-refractivity contribution in [2.75, 3.05) is 24.2 Å². The van der Waals surface area contributed by atoms with Crippen LogP contribution < -0.4 is 5.32 Å². The van der Waals surface area contributed by atoms with Crippen LogP contribution in [0.5, 0.6) is 0 Å². The summed E-state index contributed by atoms with van der Waals surface area (Å²) in [6.07, 6.45) is 4.67. The third-order valence-electron chi connectivity index (χ3n) is 5.28. The number of thiazole rings is 1. The van der Waals surface area contributed by atoms with Crippen LogP contribution in [0.4, 0.5) is 5.13 Å². The maximum Gasteiger partial charge on any atom is 0.236 e. The average molecular weight is 428 g/mol. The van der Waals surface area contributed by atoms with E-state index in [0.29, 0.717) is 10.9 Å². The van der Waals surface area contributed by atoms with Crippen LogP contribution in [0.3, 0.4) is 0 Å². The van der Waals surface area contributed by atoms with Crippen molar-refractivity contribution >= 4 is 34.1 Å². The number of imidazole rings is 1. The quantitative estimate of drug-likeness (QED) is 0.601. The molecule has 0 aliphatic carbocycles. The Kier molecular flexibility index (Phi) is 6.03. The van der Waals surface area contributed by atoms with Gasteiger partial charge in [0.15, 0.2) is 10.3 Å². The second-order valence-corrected chi connectivity index (χ2v) is 9.17. The number of hydrogen-bond donors (Lipinski definition) is 1. The van der Waals surface area contributed by atoms with Crippen LogP contribution in [0.1, 0.15) is 28.6 Å². The molecule has 1 N–H and O–H groups in total. The number of fused-ring (bicyclic) bond motifs is 1. The van der Waals surface area contributed by atoms with Gasteiger partial charge in [-0.15, -0.1) is 11.3 Å². The summed E-state index contributed by atoms with van der Waals surface area (Å²) in [6.45, 7) is 9.40. The predicted octanol–water partition coefficient (Wildman–Crippen LogP) is 4.05. The molecule has 152 valence electrons. The van der Waals surface area contributed by atoms with Gasteiger partial charge in [0, 0.05) is 36.8 Å². The second kappa shape index (κ2) is 8.69. The minimum absolute atomic E-state index is 0.0519. The molecule has 3 aromatic rings. The number of likely N-dealkylation sites (N-methyl/N-ethyl adjacent to an activating group) is 1. The molecule has 4 rings (SSSR count). The molecule has 1 aliphatic heterocycles. The monoisotopic (exact) mass is 427 g/mol. The summed E-state index contributed by atoms with van der Waals surface area (Å²) in [5, 5.41) is 4.48. The molecule has 29 heavy (non-hydrogen) atoms. The molecular weight excluding hydrogens is 402 g/mol. The van der Waals surface area contributed by atoms with Crippen molar-refractivity contribution in [1.29, 1.82) is 0 Å². The molecule has 3 heterocycles. The first-order valence-corrected chi connectivity index (χ1v) is 11.6. The summed E-state index contributed by atoms with van der Waals surface area (Å²) in [5.41, 5.74) is 4.68. The zero-order chi connectivity index (χ0) is 20.4. The number of benzene rings is 1. The molecule has 8 heteroatoms. The Hall–Kier alpha value is -2.16. The maximum atomic E-state index is 12.5. The number of hydrogen-bond acceptors (Lipinski definition) is 6. The molecule has 1 aromatic carbocycles. The Morgan fingerprint density at radius 2 is 2.21 bits per heavy atom. The van der Waals surface area contributed by atoms with E-state index in [-0.39, 0.29) is 5.91 Å². The van der Waals surface area contributed by atoms with Gasteiger partial charge in [-0.2, -0.15) is 0 Å². The van der Waals surface area contributed by atoms with Gasteiger partial charge in [-0.25, -0.2) is 9.97 Å². The fraction of sp³-hybridized carbons (Fsp3) is 0.381.